The molecule has 0 aliphatic carbocycles. The highest BCUT2D eigenvalue weighted by Gasteiger charge is 2.19. The van der Waals surface area contributed by atoms with Crippen molar-refractivity contribution >= 4 is 50.2 Å². The van der Waals surface area contributed by atoms with Gasteiger partial charge in [-0.25, -0.2) is 0 Å². The molecule has 2 aromatic rings. The van der Waals surface area contributed by atoms with Crippen LogP contribution in [0.25, 0.3) is 6.08 Å². The Kier molecular flexibility index (Phi) is 5.74. The van der Waals surface area contributed by atoms with Gasteiger partial charge < -0.3 is 11.1 Å². The third-order valence-corrected chi connectivity index (χ3v) is 4.93. The predicted molar refractivity (Wildman–Crippen MR) is 98.8 cm³/mol. The van der Waals surface area contributed by atoms with E-state index in [1.54, 1.807) is 6.08 Å². The van der Waals surface area contributed by atoms with Crippen molar-refractivity contribution in [1.29, 1.82) is 0 Å². The van der Waals surface area contributed by atoms with Crippen molar-refractivity contribution in [3.8, 4) is 0 Å². The summed E-state index contributed by atoms with van der Waals surface area (Å²) in [6.07, 6.45) is 3.85. The Hall–Kier alpha value is -1.92. The molecule has 0 spiro atoms. The molecule has 3 N–H and O–H groups in total. The zero-order chi connectivity index (χ0) is 17.0. The van der Waals surface area contributed by atoms with Crippen molar-refractivity contribution in [3.05, 3.63) is 56.4 Å². The summed E-state index contributed by atoms with van der Waals surface area (Å²) in [4.78, 5) is 24.7. The van der Waals surface area contributed by atoms with Crippen LogP contribution in [0.3, 0.4) is 0 Å². The number of thiophene rings is 1. The van der Waals surface area contributed by atoms with Gasteiger partial charge in [0.05, 0.1) is 5.56 Å². The van der Waals surface area contributed by atoms with Gasteiger partial charge in [-0.3, -0.25) is 9.59 Å². The number of carbonyl (C=O) groups excluding carboxylic acids is 2. The van der Waals surface area contributed by atoms with Crippen LogP contribution in [0.5, 0.6) is 0 Å². The molecule has 0 bridgehead atoms. The number of anilines is 1. The first kappa shape index (κ1) is 17.4. The number of benzene rings is 1. The lowest BCUT2D eigenvalue weighted by molar-refractivity contribution is -0.111. The van der Waals surface area contributed by atoms with E-state index in [4.69, 9.17) is 5.73 Å². The lowest BCUT2D eigenvalue weighted by Gasteiger charge is -2.03. The molecule has 2 amide bonds. The second-order valence-corrected chi connectivity index (χ2v) is 7.07. The molecule has 1 aromatic heterocycles. The highest BCUT2D eigenvalue weighted by Crippen LogP contribution is 2.33. The first-order chi connectivity index (χ1) is 10.9. The molecule has 4 nitrogen and oxygen atoms in total. The summed E-state index contributed by atoms with van der Waals surface area (Å²) in [5.74, 6) is -0.808. The van der Waals surface area contributed by atoms with Crippen LogP contribution in [0.15, 0.2) is 34.8 Å². The normalized spacial score (nSPS) is 10.9. The Bertz CT molecular complexity index is 764. The molecule has 0 unspecified atom stereocenters. The SMILES string of the molecule is CCc1c(C)sc(NC(=O)C=Cc2ccc(Br)cc2)c1C(N)=O. The van der Waals surface area contributed by atoms with Gasteiger partial charge in [-0.1, -0.05) is 35.0 Å². The van der Waals surface area contributed by atoms with E-state index in [0.717, 1.165) is 20.5 Å². The average molecular weight is 393 g/mol. The van der Waals surface area contributed by atoms with Crippen molar-refractivity contribution in [1.82, 2.24) is 0 Å². The van der Waals surface area contributed by atoms with Crippen molar-refractivity contribution in [3.63, 3.8) is 0 Å². The maximum atomic E-state index is 12.1. The van der Waals surface area contributed by atoms with E-state index in [1.165, 1.54) is 17.4 Å². The Morgan fingerprint density at radius 1 is 1.30 bits per heavy atom. The minimum Gasteiger partial charge on any atom is -0.365 e. The van der Waals surface area contributed by atoms with E-state index < -0.39 is 5.91 Å². The summed E-state index contributed by atoms with van der Waals surface area (Å²) >= 11 is 4.73. The number of primary amides is 1. The van der Waals surface area contributed by atoms with Gasteiger partial charge in [0.1, 0.15) is 5.00 Å². The zero-order valence-electron chi connectivity index (χ0n) is 12.9. The molecule has 0 fully saturated rings. The molecule has 0 aliphatic rings. The molecule has 1 heterocycles. The number of amides is 2. The van der Waals surface area contributed by atoms with E-state index in [0.29, 0.717) is 17.0 Å². The highest BCUT2D eigenvalue weighted by molar-refractivity contribution is 9.10. The topological polar surface area (TPSA) is 72.2 Å². The fourth-order valence-corrected chi connectivity index (χ4v) is 3.67. The van der Waals surface area contributed by atoms with Crippen molar-refractivity contribution in [2.75, 3.05) is 5.32 Å². The van der Waals surface area contributed by atoms with Gasteiger partial charge in [-0.05, 0) is 42.7 Å². The van der Waals surface area contributed by atoms with Crippen molar-refractivity contribution in [2.24, 2.45) is 5.73 Å². The summed E-state index contributed by atoms with van der Waals surface area (Å²) in [7, 11) is 0. The number of aryl methyl sites for hydroxylation is 1. The van der Waals surface area contributed by atoms with Gasteiger partial charge in [0.15, 0.2) is 0 Å². The van der Waals surface area contributed by atoms with Crippen LogP contribution in [0.1, 0.15) is 33.3 Å². The third-order valence-electron chi connectivity index (χ3n) is 3.34. The monoisotopic (exact) mass is 392 g/mol. The number of carbonyl (C=O) groups is 2. The van der Waals surface area contributed by atoms with E-state index in [-0.39, 0.29) is 5.91 Å². The van der Waals surface area contributed by atoms with Crippen molar-refractivity contribution < 1.29 is 9.59 Å². The van der Waals surface area contributed by atoms with E-state index >= 15 is 0 Å². The summed E-state index contributed by atoms with van der Waals surface area (Å²) in [6, 6.07) is 7.60. The fraction of sp³-hybridized carbons (Fsp3) is 0.176. The molecule has 6 heteroatoms. The molecule has 1 aromatic carbocycles. The second-order valence-electron chi connectivity index (χ2n) is 4.93. The van der Waals surface area contributed by atoms with Crippen LogP contribution in [0.2, 0.25) is 0 Å². The van der Waals surface area contributed by atoms with Crippen LogP contribution in [-0.4, -0.2) is 11.8 Å². The van der Waals surface area contributed by atoms with Gasteiger partial charge in [-0.15, -0.1) is 11.3 Å². The van der Waals surface area contributed by atoms with E-state index in [9.17, 15) is 9.59 Å². The number of nitrogens with two attached hydrogens (primary N) is 1. The van der Waals surface area contributed by atoms with Gasteiger partial charge in [-0.2, -0.15) is 0 Å². The minimum absolute atomic E-state index is 0.292. The quantitative estimate of drug-likeness (QED) is 0.750. The molecular formula is C17H17BrN2O2S. The Balaban J connectivity index is 2.17. The van der Waals surface area contributed by atoms with Crippen LogP contribution in [0.4, 0.5) is 5.00 Å². The summed E-state index contributed by atoms with van der Waals surface area (Å²) in [5.41, 5.74) is 7.68. The van der Waals surface area contributed by atoms with E-state index in [2.05, 4.69) is 21.2 Å². The number of rotatable bonds is 5. The third kappa shape index (κ3) is 4.30. The maximum absolute atomic E-state index is 12.1. The van der Waals surface area contributed by atoms with E-state index in [1.807, 2.05) is 38.1 Å². The number of nitrogens with one attached hydrogen (secondary N) is 1. The lowest BCUT2D eigenvalue weighted by atomic mass is 10.1. The average Bonchev–Trinajstić information content (AvgIpc) is 2.82. The van der Waals surface area contributed by atoms with Gasteiger partial charge >= 0.3 is 0 Å². The van der Waals surface area contributed by atoms with Crippen LogP contribution in [-0.2, 0) is 11.2 Å². The van der Waals surface area contributed by atoms with Crippen LogP contribution < -0.4 is 11.1 Å². The maximum Gasteiger partial charge on any atom is 0.251 e. The molecule has 0 saturated heterocycles. The van der Waals surface area contributed by atoms with Crippen molar-refractivity contribution in [2.45, 2.75) is 20.3 Å². The summed E-state index contributed by atoms with van der Waals surface area (Å²) < 4.78 is 0.978. The standard InChI is InChI=1S/C17H17BrN2O2S/c1-3-13-10(2)23-17(15(13)16(19)22)20-14(21)9-6-11-4-7-12(18)8-5-11/h4-9H,3H2,1-2H3,(H2,19,22)(H,20,21). The molecule has 120 valence electrons. The number of hydrogen-bond acceptors (Lipinski definition) is 3. The summed E-state index contributed by atoms with van der Waals surface area (Å²) in [6.45, 7) is 3.88. The number of halogens is 1. The molecule has 23 heavy (non-hydrogen) atoms. The van der Waals surface area contributed by atoms with Gasteiger partial charge in [0, 0.05) is 15.4 Å². The Morgan fingerprint density at radius 2 is 1.96 bits per heavy atom. The van der Waals surface area contributed by atoms with Gasteiger partial charge in [0.2, 0.25) is 5.91 Å². The first-order valence-corrected chi connectivity index (χ1v) is 8.70. The zero-order valence-corrected chi connectivity index (χ0v) is 15.3. The van der Waals surface area contributed by atoms with Crippen LogP contribution in [0, 0.1) is 6.92 Å². The summed E-state index contributed by atoms with van der Waals surface area (Å²) in [5, 5.41) is 3.26. The molecular weight excluding hydrogens is 376 g/mol. The Labute approximate surface area is 147 Å². The predicted octanol–water partition coefficient (Wildman–Crippen LogP) is 4.13. The molecule has 2 rings (SSSR count). The lowest BCUT2D eigenvalue weighted by Crippen LogP contribution is -2.16. The van der Waals surface area contributed by atoms with Gasteiger partial charge in [0.25, 0.3) is 5.91 Å². The van der Waals surface area contributed by atoms with Crippen LogP contribution >= 0.6 is 27.3 Å². The molecule has 0 saturated carbocycles. The minimum atomic E-state index is -0.515. The number of hydrogen-bond donors (Lipinski definition) is 2. The molecule has 0 aliphatic heterocycles. The largest absolute Gasteiger partial charge is 0.365 e. The molecule has 0 radical (unpaired) electrons. The first-order valence-electron chi connectivity index (χ1n) is 7.09. The Morgan fingerprint density at radius 3 is 2.52 bits per heavy atom. The molecule has 0 atom stereocenters. The highest BCUT2D eigenvalue weighted by atomic mass is 79.9. The fourth-order valence-electron chi connectivity index (χ4n) is 2.25. The second kappa shape index (κ2) is 7.57. The smallest absolute Gasteiger partial charge is 0.251 e.